The summed E-state index contributed by atoms with van der Waals surface area (Å²) in [5.41, 5.74) is -2.68. The van der Waals surface area contributed by atoms with Crippen molar-refractivity contribution in [3.8, 4) is 0 Å². The summed E-state index contributed by atoms with van der Waals surface area (Å²) >= 11 is 0. The van der Waals surface area contributed by atoms with Gasteiger partial charge in [-0.1, -0.05) is 24.3 Å². The van der Waals surface area contributed by atoms with Gasteiger partial charge in [-0.15, -0.1) is 0 Å². The molecule has 32 heavy (non-hydrogen) atoms. The van der Waals surface area contributed by atoms with Crippen molar-refractivity contribution in [2.75, 3.05) is 0 Å². The molecule has 0 heterocycles. The minimum atomic E-state index is -5.24. The van der Waals surface area contributed by atoms with Gasteiger partial charge < -0.3 is 4.74 Å². The summed E-state index contributed by atoms with van der Waals surface area (Å²) in [5.74, 6) is -1.23. The van der Waals surface area contributed by atoms with Crippen LogP contribution < -0.4 is 0 Å². The molecule has 0 aliphatic heterocycles. The zero-order valence-corrected chi connectivity index (χ0v) is 17.7. The summed E-state index contributed by atoms with van der Waals surface area (Å²) in [6.45, 7) is 2.90. The summed E-state index contributed by atoms with van der Waals surface area (Å²) < 4.78 is 110. The van der Waals surface area contributed by atoms with Crippen molar-refractivity contribution in [1.82, 2.24) is 0 Å². The van der Waals surface area contributed by atoms with Gasteiger partial charge in [-0.05, 0) is 43.2 Å². The predicted octanol–water partition coefficient (Wildman–Crippen LogP) is 4.99. The lowest BCUT2D eigenvalue weighted by atomic mass is 10.1. The maximum atomic E-state index is 13.6. The number of alkyl halides is 6. The summed E-state index contributed by atoms with van der Waals surface area (Å²) in [4.78, 5) is 11.7. The Bertz CT molecular complexity index is 1090. The number of carbonyl (C=O) groups excluding carboxylic acids is 1. The van der Waals surface area contributed by atoms with Crippen molar-refractivity contribution in [2.45, 2.75) is 54.8 Å². The molecule has 2 aromatic carbocycles. The standard InChI is InChI=1S/C21H18F6O4S/c1-12(2)31-18(28)19(10-13-5-3-4-6-14(13)11-19)32(29,30)17-8-15(20(22,23)24)7-16(9-17)21(25,26)27/h3-9,12H,10-11H2,1-2H3. The molecule has 174 valence electrons. The first-order chi connectivity index (χ1) is 14.6. The normalized spacial score (nSPS) is 16.2. The van der Waals surface area contributed by atoms with E-state index in [4.69, 9.17) is 4.74 Å². The minimum Gasteiger partial charge on any atom is -0.462 e. The second-order valence-electron chi connectivity index (χ2n) is 7.82. The lowest BCUT2D eigenvalue weighted by molar-refractivity contribution is -0.150. The number of esters is 1. The first-order valence-electron chi connectivity index (χ1n) is 9.40. The third-order valence-corrected chi connectivity index (χ3v) is 7.51. The highest BCUT2D eigenvalue weighted by atomic mass is 32.2. The maximum Gasteiger partial charge on any atom is 0.416 e. The molecule has 1 aliphatic rings. The highest BCUT2D eigenvalue weighted by Gasteiger charge is 2.57. The number of halogens is 6. The molecular formula is C21H18F6O4S. The van der Waals surface area contributed by atoms with Crippen LogP contribution in [0.5, 0.6) is 0 Å². The first kappa shape index (κ1) is 24.1. The number of hydrogen-bond donors (Lipinski definition) is 0. The molecule has 4 nitrogen and oxygen atoms in total. The van der Waals surface area contributed by atoms with Gasteiger partial charge in [0, 0.05) is 12.8 Å². The number of rotatable bonds is 4. The Kier molecular flexibility index (Phi) is 5.86. The molecule has 0 radical (unpaired) electrons. The molecule has 0 aromatic heterocycles. The Labute approximate surface area is 180 Å². The van der Waals surface area contributed by atoms with Gasteiger partial charge in [0.1, 0.15) is 0 Å². The van der Waals surface area contributed by atoms with Crippen molar-refractivity contribution < 1.29 is 44.3 Å². The number of sulfone groups is 1. The van der Waals surface area contributed by atoms with Gasteiger partial charge in [0.15, 0.2) is 14.6 Å². The van der Waals surface area contributed by atoms with E-state index in [0.29, 0.717) is 11.1 Å². The maximum absolute atomic E-state index is 13.6. The van der Waals surface area contributed by atoms with Crippen molar-refractivity contribution >= 4 is 15.8 Å². The average molecular weight is 480 g/mol. The van der Waals surface area contributed by atoms with E-state index in [2.05, 4.69) is 0 Å². The van der Waals surface area contributed by atoms with Gasteiger partial charge in [0.25, 0.3) is 0 Å². The average Bonchev–Trinajstić information content (AvgIpc) is 3.07. The molecule has 3 rings (SSSR count). The molecule has 0 atom stereocenters. The molecule has 0 saturated carbocycles. The lowest BCUT2D eigenvalue weighted by Gasteiger charge is -2.28. The SMILES string of the molecule is CC(C)OC(=O)C1(S(=O)(=O)c2cc(C(F)(F)F)cc(C(F)(F)F)c2)Cc2ccccc2C1. The zero-order chi connectivity index (χ0) is 24.1. The first-order valence-corrected chi connectivity index (χ1v) is 10.9. The van der Waals surface area contributed by atoms with Gasteiger partial charge in [-0.2, -0.15) is 26.3 Å². The summed E-state index contributed by atoms with van der Waals surface area (Å²) in [7, 11) is -5.05. The van der Waals surface area contributed by atoms with Gasteiger partial charge in [-0.3, -0.25) is 4.79 Å². The Morgan fingerprint density at radius 2 is 1.34 bits per heavy atom. The zero-order valence-electron chi connectivity index (χ0n) is 16.8. The number of ether oxygens (including phenoxy) is 1. The lowest BCUT2D eigenvalue weighted by Crippen LogP contribution is -2.49. The van der Waals surface area contributed by atoms with Crippen LogP contribution in [0.1, 0.15) is 36.1 Å². The molecule has 0 spiro atoms. The Hall–Kier alpha value is -2.56. The largest absolute Gasteiger partial charge is 0.462 e. The Balaban J connectivity index is 2.26. The van der Waals surface area contributed by atoms with Crippen LogP contribution in [0.3, 0.4) is 0 Å². The summed E-state index contributed by atoms with van der Waals surface area (Å²) in [6, 6.07) is 6.34. The third kappa shape index (κ3) is 4.22. The molecule has 0 bridgehead atoms. The number of benzene rings is 2. The fourth-order valence-corrected chi connectivity index (χ4v) is 5.63. The molecule has 0 N–H and O–H groups in total. The highest BCUT2D eigenvalue weighted by molar-refractivity contribution is 7.93. The van der Waals surface area contributed by atoms with Crippen LogP contribution >= 0.6 is 0 Å². The van der Waals surface area contributed by atoms with Crippen LogP contribution in [-0.2, 0) is 44.6 Å². The smallest absolute Gasteiger partial charge is 0.416 e. The van der Waals surface area contributed by atoms with Gasteiger partial charge in [0.05, 0.1) is 22.1 Å². The van der Waals surface area contributed by atoms with E-state index in [1.807, 2.05) is 0 Å². The minimum absolute atomic E-state index is 0.123. The van der Waals surface area contributed by atoms with Crippen molar-refractivity contribution in [3.63, 3.8) is 0 Å². The predicted molar refractivity (Wildman–Crippen MR) is 101 cm³/mol. The monoisotopic (exact) mass is 480 g/mol. The Morgan fingerprint density at radius 3 is 1.72 bits per heavy atom. The molecular weight excluding hydrogens is 462 g/mol. The summed E-state index contributed by atoms with van der Waals surface area (Å²) in [5, 5.41) is 0. The van der Waals surface area contributed by atoms with Crippen molar-refractivity contribution in [3.05, 3.63) is 64.7 Å². The Morgan fingerprint density at radius 1 is 0.906 bits per heavy atom. The molecule has 0 unspecified atom stereocenters. The number of fused-ring (bicyclic) bond motifs is 1. The molecule has 0 saturated heterocycles. The fourth-order valence-electron chi connectivity index (χ4n) is 3.65. The van der Waals surface area contributed by atoms with Gasteiger partial charge in [-0.25, -0.2) is 8.42 Å². The van der Waals surface area contributed by atoms with Gasteiger partial charge >= 0.3 is 18.3 Å². The van der Waals surface area contributed by atoms with Crippen LogP contribution in [0.4, 0.5) is 26.3 Å². The van der Waals surface area contributed by atoms with E-state index < -0.39 is 67.9 Å². The molecule has 11 heteroatoms. The van der Waals surface area contributed by atoms with Crippen molar-refractivity contribution in [1.29, 1.82) is 0 Å². The molecule has 0 amide bonds. The van der Waals surface area contributed by atoms with E-state index in [-0.39, 0.29) is 18.2 Å². The van der Waals surface area contributed by atoms with E-state index >= 15 is 0 Å². The number of hydrogen-bond acceptors (Lipinski definition) is 4. The van der Waals surface area contributed by atoms with Crippen LogP contribution in [-0.4, -0.2) is 25.2 Å². The van der Waals surface area contributed by atoms with Crippen LogP contribution in [0.15, 0.2) is 47.4 Å². The molecule has 2 aromatic rings. The van der Waals surface area contributed by atoms with E-state index in [1.165, 1.54) is 13.8 Å². The fraction of sp³-hybridized carbons (Fsp3) is 0.381. The van der Waals surface area contributed by atoms with Crippen LogP contribution in [0, 0.1) is 0 Å². The summed E-state index contributed by atoms with van der Waals surface area (Å²) in [6.07, 6.45) is -12.1. The highest BCUT2D eigenvalue weighted by Crippen LogP contribution is 2.44. The van der Waals surface area contributed by atoms with Crippen LogP contribution in [0.25, 0.3) is 0 Å². The van der Waals surface area contributed by atoms with Crippen molar-refractivity contribution in [2.24, 2.45) is 0 Å². The molecule has 1 aliphatic carbocycles. The quantitative estimate of drug-likeness (QED) is 0.457. The molecule has 0 fully saturated rings. The van der Waals surface area contributed by atoms with Crippen LogP contribution in [0.2, 0.25) is 0 Å². The number of carbonyl (C=O) groups is 1. The second-order valence-corrected chi connectivity index (χ2v) is 10.1. The second kappa shape index (κ2) is 7.79. The van der Waals surface area contributed by atoms with E-state index in [0.717, 1.165) is 0 Å². The van der Waals surface area contributed by atoms with Gasteiger partial charge in [0.2, 0.25) is 0 Å². The topological polar surface area (TPSA) is 60.4 Å². The third-order valence-electron chi connectivity index (χ3n) is 5.17. The van der Waals surface area contributed by atoms with E-state index in [9.17, 15) is 39.6 Å². The van der Waals surface area contributed by atoms with E-state index in [1.54, 1.807) is 24.3 Å².